The Morgan fingerprint density at radius 2 is 2.36 bits per heavy atom. The molecule has 0 radical (unpaired) electrons. The minimum atomic E-state index is -0.517. The van der Waals surface area contributed by atoms with Crippen molar-refractivity contribution < 1.29 is 9.53 Å². The summed E-state index contributed by atoms with van der Waals surface area (Å²) in [5.74, 6) is 0.0574. The first-order valence-corrected chi connectivity index (χ1v) is 5.48. The van der Waals surface area contributed by atoms with Crippen LogP contribution in [0.1, 0.15) is 20.3 Å². The Morgan fingerprint density at radius 3 is 2.86 bits per heavy atom. The molecular formula is C10H15NO2S. The molecule has 78 valence electrons. The van der Waals surface area contributed by atoms with Gasteiger partial charge in [-0.2, -0.15) is 0 Å². The Labute approximate surface area is 87.9 Å². The Morgan fingerprint density at radius 1 is 1.64 bits per heavy atom. The molecule has 2 N–H and O–H groups in total. The molecule has 4 heteroatoms. The summed E-state index contributed by atoms with van der Waals surface area (Å²) in [6.07, 6.45) is 0.657. The number of thiophene rings is 1. The van der Waals surface area contributed by atoms with Crippen LogP contribution in [0.3, 0.4) is 0 Å². The Bertz CT molecular complexity index is 282. The van der Waals surface area contributed by atoms with E-state index < -0.39 is 6.04 Å². The van der Waals surface area contributed by atoms with Gasteiger partial charge in [0.2, 0.25) is 0 Å². The fraction of sp³-hybridized carbons (Fsp3) is 0.500. The van der Waals surface area contributed by atoms with Gasteiger partial charge < -0.3 is 10.5 Å². The van der Waals surface area contributed by atoms with Crippen molar-refractivity contribution in [1.29, 1.82) is 0 Å². The molecular weight excluding hydrogens is 198 g/mol. The van der Waals surface area contributed by atoms with Gasteiger partial charge in [-0.3, -0.25) is 0 Å². The van der Waals surface area contributed by atoms with Crippen LogP contribution in [0.25, 0.3) is 0 Å². The molecule has 0 fully saturated rings. The molecule has 0 amide bonds. The number of hydrogen-bond donors (Lipinski definition) is 1. The predicted octanol–water partition coefficient (Wildman–Crippen LogP) is 2.03. The summed E-state index contributed by atoms with van der Waals surface area (Å²) >= 11 is 1.39. The van der Waals surface area contributed by atoms with Crippen molar-refractivity contribution in [3.63, 3.8) is 0 Å². The van der Waals surface area contributed by atoms with Gasteiger partial charge in [-0.15, -0.1) is 11.3 Å². The molecule has 1 rings (SSSR count). The van der Waals surface area contributed by atoms with E-state index in [9.17, 15) is 4.79 Å². The van der Waals surface area contributed by atoms with E-state index in [0.29, 0.717) is 17.4 Å². The molecule has 0 saturated heterocycles. The summed E-state index contributed by atoms with van der Waals surface area (Å²) < 4.78 is 5.07. The lowest BCUT2D eigenvalue weighted by Crippen LogP contribution is -2.35. The number of ether oxygens (including phenoxy) is 1. The van der Waals surface area contributed by atoms with E-state index in [4.69, 9.17) is 10.5 Å². The molecule has 1 atom stereocenters. The van der Waals surface area contributed by atoms with Gasteiger partial charge in [0, 0.05) is 0 Å². The van der Waals surface area contributed by atoms with Crippen molar-refractivity contribution in [3.8, 4) is 5.06 Å². The third-order valence-electron chi connectivity index (χ3n) is 1.72. The van der Waals surface area contributed by atoms with Crippen LogP contribution in [0.2, 0.25) is 0 Å². The van der Waals surface area contributed by atoms with Crippen LogP contribution in [-0.2, 0) is 4.79 Å². The summed E-state index contributed by atoms with van der Waals surface area (Å²) in [4.78, 5) is 11.4. The van der Waals surface area contributed by atoms with Crippen LogP contribution in [0, 0.1) is 5.92 Å². The number of hydrogen-bond acceptors (Lipinski definition) is 4. The smallest absolute Gasteiger partial charge is 0.329 e. The van der Waals surface area contributed by atoms with Crippen molar-refractivity contribution in [2.75, 3.05) is 0 Å². The molecule has 0 bridgehead atoms. The number of esters is 1. The summed E-state index contributed by atoms with van der Waals surface area (Å²) in [7, 11) is 0. The van der Waals surface area contributed by atoms with Gasteiger partial charge in [0.25, 0.3) is 0 Å². The van der Waals surface area contributed by atoms with Gasteiger partial charge in [-0.05, 0) is 29.9 Å². The normalized spacial score (nSPS) is 12.9. The second-order valence-corrected chi connectivity index (χ2v) is 4.50. The van der Waals surface area contributed by atoms with Gasteiger partial charge >= 0.3 is 5.97 Å². The molecule has 1 heterocycles. The quantitative estimate of drug-likeness (QED) is 0.778. The van der Waals surface area contributed by atoms with E-state index in [-0.39, 0.29) is 5.97 Å². The molecule has 0 aliphatic carbocycles. The molecule has 14 heavy (non-hydrogen) atoms. The minimum absolute atomic E-state index is 0.346. The zero-order chi connectivity index (χ0) is 10.6. The van der Waals surface area contributed by atoms with Gasteiger partial charge in [-0.25, -0.2) is 4.79 Å². The zero-order valence-electron chi connectivity index (χ0n) is 8.40. The second kappa shape index (κ2) is 5.12. The van der Waals surface area contributed by atoms with Gasteiger partial charge in [0.1, 0.15) is 6.04 Å². The molecule has 0 unspecified atom stereocenters. The van der Waals surface area contributed by atoms with Crippen LogP contribution >= 0.6 is 11.3 Å². The first kappa shape index (κ1) is 11.2. The van der Waals surface area contributed by atoms with Crippen molar-refractivity contribution in [2.24, 2.45) is 11.7 Å². The summed E-state index contributed by atoms with van der Waals surface area (Å²) in [5, 5.41) is 2.46. The van der Waals surface area contributed by atoms with E-state index in [1.807, 2.05) is 25.3 Å². The van der Waals surface area contributed by atoms with Gasteiger partial charge in [0.05, 0.1) is 0 Å². The van der Waals surface area contributed by atoms with Crippen LogP contribution in [0.5, 0.6) is 5.06 Å². The highest BCUT2D eigenvalue weighted by molar-refractivity contribution is 7.11. The van der Waals surface area contributed by atoms with E-state index >= 15 is 0 Å². The van der Waals surface area contributed by atoms with Crippen molar-refractivity contribution in [1.82, 2.24) is 0 Å². The Kier molecular flexibility index (Phi) is 4.10. The largest absolute Gasteiger partial charge is 0.414 e. The Balaban J connectivity index is 2.42. The molecule has 0 aromatic carbocycles. The SMILES string of the molecule is CC(C)C[C@H](N)C(=O)Oc1cccs1. The maximum Gasteiger partial charge on any atom is 0.329 e. The standard InChI is InChI=1S/C10H15NO2S/c1-7(2)6-8(11)10(12)13-9-4-3-5-14-9/h3-5,7-8H,6,11H2,1-2H3/t8-/m0/s1. The fourth-order valence-corrected chi connectivity index (χ4v) is 1.68. The van der Waals surface area contributed by atoms with E-state index in [1.165, 1.54) is 11.3 Å². The fourth-order valence-electron chi connectivity index (χ4n) is 1.10. The maximum absolute atomic E-state index is 11.4. The zero-order valence-corrected chi connectivity index (χ0v) is 9.21. The highest BCUT2D eigenvalue weighted by Crippen LogP contribution is 2.19. The summed E-state index contributed by atoms with van der Waals surface area (Å²) in [6.45, 7) is 4.05. The second-order valence-electron chi connectivity index (χ2n) is 3.59. The van der Waals surface area contributed by atoms with E-state index in [0.717, 1.165) is 0 Å². The van der Waals surface area contributed by atoms with E-state index in [1.54, 1.807) is 6.07 Å². The van der Waals surface area contributed by atoms with Crippen molar-refractivity contribution in [3.05, 3.63) is 17.5 Å². The molecule has 0 aliphatic rings. The lowest BCUT2D eigenvalue weighted by Gasteiger charge is -2.11. The molecule has 1 aromatic heterocycles. The highest BCUT2D eigenvalue weighted by Gasteiger charge is 2.17. The lowest BCUT2D eigenvalue weighted by molar-refractivity contribution is -0.136. The van der Waals surface area contributed by atoms with Gasteiger partial charge in [0.15, 0.2) is 5.06 Å². The lowest BCUT2D eigenvalue weighted by atomic mass is 10.1. The van der Waals surface area contributed by atoms with Gasteiger partial charge in [-0.1, -0.05) is 13.8 Å². The molecule has 0 saturated carbocycles. The molecule has 0 aliphatic heterocycles. The van der Waals surface area contributed by atoms with Crippen LogP contribution < -0.4 is 10.5 Å². The van der Waals surface area contributed by atoms with Crippen LogP contribution in [0.4, 0.5) is 0 Å². The summed E-state index contributed by atoms with van der Waals surface area (Å²) in [5.41, 5.74) is 5.66. The monoisotopic (exact) mass is 213 g/mol. The maximum atomic E-state index is 11.4. The number of rotatable bonds is 4. The van der Waals surface area contributed by atoms with Crippen LogP contribution in [-0.4, -0.2) is 12.0 Å². The molecule has 1 aromatic rings. The Hall–Kier alpha value is -0.870. The first-order chi connectivity index (χ1) is 6.59. The van der Waals surface area contributed by atoms with Crippen LogP contribution in [0.15, 0.2) is 17.5 Å². The average molecular weight is 213 g/mol. The third-order valence-corrected chi connectivity index (χ3v) is 2.47. The molecule has 3 nitrogen and oxygen atoms in total. The number of nitrogens with two attached hydrogens (primary N) is 1. The average Bonchev–Trinajstić information content (AvgIpc) is 2.55. The third kappa shape index (κ3) is 3.47. The summed E-state index contributed by atoms with van der Waals surface area (Å²) in [6, 6.07) is 3.07. The first-order valence-electron chi connectivity index (χ1n) is 4.60. The topological polar surface area (TPSA) is 52.3 Å². The highest BCUT2D eigenvalue weighted by atomic mass is 32.1. The minimum Gasteiger partial charge on any atom is -0.414 e. The predicted molar refractivity (Wildman–Crippen MR) is 57.4 cm³/mol. The number of carbonyl (C=O) groups excluding carboxylic acids is 1. The van der Waals surface area contributed by atoms with Crippen molar-refractivity contribution in [2.45, 2.75) is 26.3 Å². The van der Waals surface area contributed by atoms with E-state index in [2.05, 4.69) is 0 Å². The molecule has 0 spiro atoms. The van der Waals surface area contributed by atoms with Crippen molar-refractivity contribution >= 4 is 17.3 Å². The number of carbonyl (C=O) groups is 1.